The smallest absolute Gasteiger partial charge is 0.308 e. The summed E-state index contributed by atoms with van der Waals surface area (Å²) < 4.78 is 5.01. The minimum atomic E-state index is -0.311. The Balaban J connectivity index is 3.04. The topological polar surface area (TPSA) is 26.3 Å². The second-order valence-electron chi connectivity index (χ2n) is 2.87. The molecular weight excluding hydrogens is 164 g/mol. The quantitative estimate of drug-likeness (QED) is 0.511. The lowest BCUT2D eigenvalue weighted by molar-refractivity contribution is -0.131. The molecule has 0 amide bonds. The average Bonchev–Trinajstić information content (AvgIpc) is 2.03. The van der Waals surface area contributed by atoms with Crippen LogP contribution < -0.4 is 4.74 Å². The molecule has 1 aromatic carbocycles. The molecule has 1 rings (SSSR count). The number of allylic oxidation sites excluding steroid dienone is 1. The van der Waals surface area contributed by atoms with E-state index >= 15 is 0 Å². The summed E-state index contributed by atoms with van der Waals surface area (Å²) in [4.78, 5) is 10.7. The zero-order valence-corrected chi connectivity index (χ0v) is 7.83. The zero-order chi connectivity index (χ0) is 9.84. The first kappa shape index (κ1) is 9.52. The number of esters is 1. The van der Waals surface area contributed by atoms with Crippen LogP contribution in [0.15, 0.2) is 30.8 Å². The lowest BCUT2D eigenvalue weighted by Gasteiger charge is -2.07. The van der Waals surface area contributed by atoms with E-state index in [1.165, 1.54) is 6.92 Å². The van der Waals surface area contributed by atoms with Gasteiger partial charge in [-0.1, -0.05) is 24.8 Å². The van der Waals surface area contributed by atoms with Crippen LogP contribution in [0.3, 0.4) is 0 Å². The second kappa shape index (κ2) is 3.90. The highest BCUT2D eigenvalue weighted by Crippen LogP contribution is 2.24. The highest BCUT2D eigenvalue weighted by Gasteiger charge is 2.04. The summed E-state index contributed by atoms with van der Waals surface area (Å²) in [5.74, 6) is 0.260. The third kappa shape index (κ3) is 2.44. The van der Waals surface area contributed by atoms with Gasteiger partial charge in [0.25, 0.3) is 0 Å². The van der Waals surface area contributed by atoms with E-state index in [1.54, 1.807) is 6.07 Å². The van der Waals surface area contributed by atoms with Crippen LogP contribution in [0.4, 0.5) is 0 Å². The van der Waals surface area contributed by atoms with Gasteiger partial charge in [-0.25, -0.2) is 0 Å². The first-order chi connectivity index (χ1) is 6.11. The third-order valence-corrected chi connectivity index (χ3v) is 1.60. The summed E-state index contributed by atoms with van der Waals surface area (Å²) in [6.45, 7) is 7.06. The molecule has 0 atom stereocenters. The van der Waals surface area contributed by atoms with Crippen molar-refractivity contribution in [3.8, 4) is 5.75 Å². The van der Waals surface area contributed by atoms with Crippen LogP contribution in [0.2, 0.25) is 0 Å². The maximum absolute atomic E-state index is 10.7. The number of hydrogen-bond acceptors (Lipinski definition) is 2. The van der Waals surface area contributed by atoms with Crippen molar-refractivity contribution in [2.45, 2.75) is 13.8 Å². The zero-order valence-electron chi connectivity index (χ0n) is 7.83. The van der Waals surface area contributed by atoms with Crippen molar-refractivity contribution in [1.82, 2.24) is 0 Å². The summed E-state index contributed by atoms with van der Waals surface area (Å²) in [7, 11) is 0. The van der Waals surface area contributed by atoms with Gasteiger partial charge in [-0.05, 0) is 18.6 Å². The van der Waals surface area contributed by atoms with Crippen LogP contribution in [0.1, 0.15) is 19.4 Å². The molecule has 0 fully saturated rings. The third-order valence-electron chi connectivity index (χ3n) is 1.60. The monoisotopic (exact) mass is 176 g/mol. The fraction of sp³-hybridized carbons (Fsp3) is 0.182. The van der Waals surface area contributed by atoms with Crippen molar-refractivity contribution < 1.29 is 9.53 Å². The lowest BCUT2D eigenvalue weighted by atomic mass is 10.1. The van der Waals surface area contributed by atoms with Gasteiger partial charge in [-0.2, -0.15) is 0 Å². The molecule has 0 bridgehead atoms. The molecule has 0 N–H and O–H groups in total. The van der Waals surface area contributed by atoms with Gasteiger partial charge in [0.2, 0.25) is 0 Å². The van der Waals surface area contributed by atoms with Crippen LogP contribution in [0.5, 0.6) is 5.75 Å². The molecular formula is C11H12O2. The Morgan fingerprint density at radius 3 is 2.46 bits per heavy atom. The molecule has 0 aliphatic rings. The summed E-state index contributed by atoms with van der Waals surface area (Å²) in [5, 5.41) is 0. The van der Waals surface area contributed by atoms with Crippen molar-refractivity contribution in [1.29, 1.82) is 0 Å². The van der Waals surface area contributed by atoms with Crippen molar-refractivity contribution in [2.24, 2.45) is 0 Å². The minimum Gasteiger partial charge on any atom is -0.426 e. The number of ether oxygens (including phenoxy) is 1. The fourth-order valence-electron chi connectivity index (χ4n) is 1.06. The molecule has 0 aliphatic carbocycles. The number of benzene rings is 1. The molecule has 0 unspecified atom stereocenters. The number of carbonyl (C=O) groups excluding carboxylic acids is 1. The molecule has 0 aliphatic heterocycles. The first-order valence-corrected chi connectivity index (χ1v) is 4.04. The lowest BCUT2D eigenvalue weighted by Crippen LogP contribution is -2.02. The van der Waals surface area contributed by atoms with Gasteiger partial charge >= 0.3 is 5.97 Å². The highest BCUT2D eigenvalue weighted by molar-refractivity contribution is 5.74. The van der Waals surface area contributed by atoms with E-state index in [9.17, 15) is 4.79 Å². The van der Waals surface area contributed by atoms with Crippen molar-refractivity contribution in [3.05, 3.63) is 36.4 Å². The fourth-order valence-corrected chi connectivity index (χ4v) is 1.06. The summed E-state index contributed by atoms with van der Waals surface area (Å²) >= 11 is 0. The number of hydrogen-bond donors (Lipinski definition) is 0. The molecule has 2 heteroatoms. The van der Waals surface area contributed by atoms with Crippen LogP contribution in [-0.4, -0.2) is 5.97 Å². The molecule has 0 saturated heterocycles. The van der Waals surface area contributed by atoms with Crippen molar-refractivity contribution in [2.75, 3.05) is 0 Å². The van der Waals surface area contributed by atoms with Gasteiger partial charge in [0.1, 0.15) is 5.75 Å². The van der Waals surface area contributed by atoms with E-state index in [1.807, 2.05) is 25.1 Å². The van der Waals surface area contributed by atoms with Gasteiger partial charge in [0.05, 0.1) is 0 Å². The maximum Gasteiger partial charge on any atom is 0.308 e. The second-order valence-corrected chi connectivity index (χ2v) is 2.87. The number of para-hydroxylation sites is 1. The molecule has 0 saturated carbocycles. The van der Waals surface area contributed by atoms with E-state index in [-0.39, 0.29) is 5.97 Å². The Morgan fingerprint density at radius 1 is 1.31 bits per heavy atom. The van der Waals surface area contributed by atoms with Crippen LogP contribution in [0, 0.1) is 0 Å². The molecule has 0 heterocycles. The van der Waals surface area contributed by atoms with E-state index < -0.39 is 0 Å². The average molecular weight is 176 g/mol. The van der Waals surface area contributed by atoms with Crippen LogP contribution in [0.25, 0.3) is 5.57 Å². The predicted molar refractivity (Wildman–Crippen MR) is 52.5 cm³/mol. The van der Waals surface area contributed by atoms with Gasteiger partial charge in [-0.3, -0.25) is 4.79 Å². The maximum atomic E-state index is 10.7. The molecule has 0 spiro atoms. The van der Waals surface area contributed by atoms with E-state index in [4.69, 9.17) is 4.74 Å². The van der Waals surface area contributed by atoms with Crippen LogP contribution >= 0.6 is 0 Å². The van der Waals surface area contributed by atoms with E-state index in [2.05, 4.69) is 6.58 Å². The van der Waals surface area contributed by atoms with E-state index in [0.717, 1.165) is 11.1 Å². The standard InChI is InChI=1S/C11H12O2/c1-8(2)10-6-4-5-7-11(10)13-9(3)12/h4-7H,1H2,2-3H3. The number of rotatable bonds is 2. The Hall–Kier alpha value is -1.57. The molecule has 68 valence electrons. The highest BCUT2D eigenvalue weighted by atomic mass is 16.5. The summed E-state index contributed by atoms with van der Waals surface area (Å²) in [6, 6.07) is 7.34. The Bertz CT molecular complexity index is 340. The molecule has 13 heavy (non-hydrogen) atoms. The molecule has 2 nitrogen and oxygen atoms in total. The summed E-state index contributed by atoms with van der Waals surface area (Å²) in [6.07, 6.45) is 0. The molecule has 1 aromatic rings. The Kier molecular flexibility index (Phi) is 2.85. The largest absolute Gasteiger partial charge is 0.426 e. The summed E-state index contributed by atoms with van der Waals surface area (Å²) in [5.41, 5.74) is 1.76. The first-order valence-electron chi connectivity index (χ1n) is 4.04. The van der Waals surface area contributed by atoms with Gasteiger partial charge < -0.3 is 4.74 Å². The normalized spacial score (nSPS) is 9.38. The Morgan fingerprint density at radius 2 is 1.92 bits per heavy atom. The van der Waals surface area contributed by atoms with Gasteiger partial charge in [0, 0.05) is 12.5 Å². The van der Waals surface area contributed by atoms with E-state index in [0.29, 0.717) is 5.75 Å². The minimum absolute atomic E-state index is 0.311. The van der Waals surface area contributed by atoms with Gasteiger partial charge in [0.15, 0.2) is 0 Å². The van der Waals surface area contributed by atoms with Crippen LogP contribution in [-0.2, 0) is 4.79 Å². The predicted octanol–water partition coefficient (Wildman–Crippen LogP) is 2.65. The van der Waals surface area contributed by atoms with Crippen molar-refractivity contribution in [3.63, 3.8) is 0 Å². The molecule has 0 aromatic heterocycles. The Labute approximate surface area is 77.8 Å². The SMILES string of the molecule is C=C(C)c1ccccc1OC(C)=O. The van der Waals surface area contributed by atoms with Crippen molar-refractivity contribution >= 4 is 11.5 Å². The van der Waals surface area contributed by atoms with Gasteiger partial charge in [-0.15, -0.1) is 0 Å². The molecule has 0 radical (unpaired) electrons. The number of carbonyl (C=O) groups is 1.